The molecule has 0 unspecified atom stereocenters. The molecule has 0 aliphatic carbocycles. The Morgan fingerprint density at radius 3 is 2.93 bits per heavy atom. The highest BCUT2D eigenvalue weighted by Crippen LogP contribution is 2.06. The molecule has 1 aromatic carbocycles. The molecule has 0 saturated heterocycles. The van der Waals surface area contributed by atoms with Crippen molar-refractivity contribution in [2.75, 3.05) is 19.5 Å². The second-order valence-corrected chi connectivity index (χ2v) is 3.62. The summed E-state index contributed by atoms with van der Waals surface area (Å²) in [5.74, 6) is 0.633. The van der Waals surface area contributed by atoms with E-state index in [0.717, 1.165) is 18.7 Å². The van der Waals surface area contributed by atoms with E-state index >= 15 is 0 Å². The molecule has 0 saturated carbocycles. The molecule has 3 heteroatoms. The third-order valence-electron chi connectivity index (χ3n) is 1.97. The summed E-state index contributed by atoms with van der Waals surface area (Å²) in [4.78, 5) is 2.13. The Hall–Kier alpha value is -1.04. The van der Waals surface area contributed by atoms with E-state index in [0.29, 0.717) is 11.4 Å². The van der Waals surface area contributed by atoms with Gasteiger partial charge in [0, 0.05) is 19.0 Å². The van der Waals surface area contributed by atoms with Crippen LogP contribution >= 0.6 is 11.6 Å². The SMILES string of the molecule is CN(CCCl)Cc1cccc(C#N)c1. The maximum Gasteiger partial charge on any atom is 0.0991 e. The summed E-state index contributed by atoms with van der Waals surface area (Å²) in [6.45, 7) is 1.70. The number of nitrogens with zero attached hydrogens (tertiary/aromatic N) is 2. The molecule has 1 rings (SSSR count). The van der Waals surface area contributed by atoms with E-state index in [1.54, 1.807) is 0 Å². The van der Waals surface area contributed by atoms with Crippen LogP contribution in [0.2, 0.25) is 0 Å². The normalized spacial score (nSPS) is 10.1. The third-order valence-corrected chi connectivity index (χ3v) is 2.14. The molecule has 0 atom stereocenters. The van der Waals surface area contributed by atoms with Gasteiger partial charge in [0.15, 0.2) is 0 Å². The van der Waals surface area contributed by atoms with Crippen LogP contribution in [-0.4, -0.2) is 24.4 Å². The number of hydrogen-bond acceptors (Lipinski definition) is 2. The number of rotatable bonds is 4. The van der Waals surface area contributed by atoms with Crippen LogP contribution in [0.3, 0.4) is 0 Å². The molecule has 14 heavy (non-hydrogen) atoms. The van der Waals surface area contributed by atoms with Crippen molar-refractivity contribution < 1.29 is 0 Å². The van der Waals surface area contributed by atoms with Crippen molar-refractivity contribution >= 4 is 11.6 Å². The number of nitriles is 1. The Bertz CT molecular complexity index is 330. The van der Waals surface area contributed by atoms with Gasteiger partial charge >= 0.3 is 0 Å². The lowest BCUT2D eigenvalue weighted by Gasteiger charge is -2.14. The first kappa shape index (κ1) is 11.0. The van der Waals surface area contributed by atoms with Gasteiger partial charge in [0.25, 0.3) is 0 Å². The molecule has 1 aromatic rings. The van der Waals surface area contributed by atoms with Crippen LogP contribution in [0.4, 0.5) is 0 Å². The van der Waals surface area contributed by atoms with Gasteiger partial charge in [-0.1, -0.05) is 12.1 Å². The van der Waals surface area contributed by atoms with Crippen molar-refractivity contribution in [1.29, 1.82) is 5.26 Å². The van der Waals surface area contributed by atoms with Crippen molar-refractivity contribution in [1.82, 2.24) is 4.90 Å². The lowest BCUT2D eigenvalue weighted by Crippen LogP contribution is -2.19. The smallest absolute Gasteiger partial charge is 0.0991 e. The molecule has 0 heterocycles. The minimum absolute atomic E-state index is 0.633. The summed E-state index contributed by atoms with van der Waals surface area (Å²) >= 11 is 5.63. The molecule has 0 aliphatic rings. The van der Waals surface area contributed by atoms with Crippen LogP contribution in [-0.2, 0) is 6.54 Å². The highest BCUT2D eigenvalue weighted by Gasteiger charge is 1.99. The van der Waals surface area contributed by atoms with Gasteiger partial charge < -0.3 is 4.90 Å². The first-order valence-corrected chi connectivity index (χ1v) is 5.03. The van der Waals surface area contributed by atoms with Gasteiger partial charge in [-0.15, -0.1) is 11.6 Å². The number of halogens is 1. The summed E-state index contributed by atoms with van der Waals surface area (Å²) in [7, 11) is 2.02. The van der Waals surface area contributed by atoms with Gasteiger partial charge in [-0.2, -0.15) is 5.26 Å². The van der Waals surface area contributed by atoms with Crippen molar-refractivity contribution in [3.63, 3.8) is 0 Å². The Morgan fingerprint density at radius 2 is 2.29 bits per heavy atom. The number of alkyl halides is 1. The molecule has 0 bridgehead atoms. The van der Waals surface area contributed by atoms with Crippen LogP contribution in [0.15, 0.2) is 24.3 Å². The van der Waals surface area contributed by atoms with Gasteiger partial charge in [-0.25, -0.2) is 0 Å². The third kappa shape index (κ3) is 3.37. The topological polar surface area (TPSA) is 27.0 Å². The van der Waals surface area contributed by atoms with Crippen LogP contribution in [0.5, 0.6) is 0 Å². The highest BCUT2D eigenvalue weighted by molar-refractivity contribution is 6.18. The Kier molecular flexibility index (Phi) is 4.45. The van der Waals surface area contributed by atoms with Gasteiger partial charge in [-0.3, -0.25) is 0 Å². The van der Waals surface area contributed by atoms with E-state index in [4.69, 9.17) is 16.9 Å². The predicted octanol–water partition coefficient (Wildman–Crippen LogP) is 2.23. The second-order valence-electron chi connectivity index (χ2n) is 3.24. The molecule has 0 aliphatic heterocycles. The van der Waals surface area contributed by atoms with Crippen LogP contribution in [0.25, 0.3) is 0 Å². The summed E-state index contributed by atoms with van der Waals surface area (Å²) in [6, 6.07) is 9.77. The van der Waals surface area contributed by atoms with E-state index in [2.05, 4.69) is 11.0 Å². The number of hydrogen-bond donors (Lipinski definition) is 0. The second kappa shape index (κ2) is 5.64. The van der Waals surface area contributed by atoms with Crippen LogP contribution in [0, 0.1) is 11.3 Å². The molecular weight excluding hydrogens is 196 g/mol. The zero-order chi connectivity index (χ0) is 10.4. The van der Waals surface area contributed by atoms with Crippen LogP contribution < -0.4 is 0 Å². The first-order valence-electron chi connectivity index (χ1n) is 4.50. The fourth-order valence-electron chi connectivity index (χ4n) is 1.27. The minimum Gasteiger partial charge on any atom is -0.301 e. The molecule has 0 aromatic heterocycles. The molecule has 0 fully saturated rings. The standard InChI is InChI=1S/C11H13ClN2/c1-14(6-5-12)9-11-4-2-3-10(7-11)8-13/h2-4,7H,5-6,9H2,1H3. The molecule has 0 amide bonds. The molecule has 0 spiro atoms. The van der Waals surface area contributed by atoms with E-state index in [1.165, 1.54) is 0 Å². The molecular formula is C11H13ClN2. The summed E-state index contributed by atoms with van der Waals surface area (Å²) in [6.07, 6.45) is 0. The predicted molar refractivity (Wildman–Crippen MR) is 58.2 cm³/mol. The van der Waals surface area contributed by atoms with Gasteiger partial charge in [0.05, 0.1) is 11.6 Å². The molecule has 0 N–H and O–H groups in total. The lowest BCUT2D eigenvalue weighted by molar-refractivity contribution is 0.348. The minimum atomic E-state index is 0.633. The van der Waals surface area contributed by atoms with Gasteiger partial charge in [-0.05, 0) is 24.7 Å². The highest BCUT2D eigenvalue weighted by atomic mass is 35.5. The fraction of sp³-hybridized carbons (Fsp3) is 0.364. The number of benzene rings is 1. The zero-order valence-corrected chi connectivity index (χ0v) is 8.96. The van der Waals surface area contributed by atoms with Crippen molar-refractivity contribution in [3.8, 4) is 6.07 Å². The summed E-state index contributed by atoms with van der Waals surface area (Å²) in [5.41, 5.74) is 1.86. The van der Waals surface area contributed by atoms with E-state index in [1.807, 2.05) is 31.3 Å². The van der Waals surface area contributed by atoms with Crippen molar-refractivity contribution in [3.05, 3.63) is 35.4 Å². The first-order chi connectivity index (χ1) is 6.76. The zero-order valence-electron chi connectivity index (χ0n) is 8.20. The van der Waals surface area contributed by atoms with Gasteiger partial charge in [0.1, 0.15) is 0 Å². The summed E-state index contributed by atoms with van der Waals surface area (Å²) < 4.78 is 0. The average Bonchev–Trinajstić information content (AvgIpc) is 2.18. The van der Waals surface area contributed by atoms with E-state index < -0.39 is 0 Å². The molecule has 2 nitrogen and oxygen atoms in total. The van der Waals surface area contributed by atoms with Crippen molar-refractivity contribution in [2.24, 2.45) is 0 Å². The Labute approximate surface area is 89.7 Å². The Morgan fingerprint density at radius 1 is 1.50 bits per heavy atom. The van der Waals surface area contributed by atoms with E-state index in [-0.39, 0.29) is 0 Å². The average molecular weight is 209 g/mol. The quantitative estimate of drug-likeness (QED) is 0.710. The van der Waals surface area contributed by atoms with Crippen LogP contribution in [0.1, 0.15) is 11.1 Å². The Balaban J connectivity index is 2.63. The largest absolute Gasteiger partial charge is 0.301 e. The maximum absolute atomic E-state index is 8.71. The molecule has 0 radical (unpaired) electrons. The van der Waals surface area contributed by atoms with Crippen molar-refractivity contribution in [2.45, 2.75) is 6.54 Å². The maximum atomic E-state index is 8.71. The van der Waals surface area contributed by atoms with Gasteiger partial charge in [0.2, 0.25) is 0 Å². The fourth-order valence-corrected chi connectivity index (χ4v) is 1.56. The monoisotopic (exact) mass is 208 g/mol. The van der Waals surface area contributed by atoms with E-state index in [9.17, 15) is 0 Å². The molecule has 74 valence electrons. The summed E-state index contributed by atoms with van der Waals surface area (Å²) in [5, 5.41) is 8.71. The lowest BCUT2D eigenvalue weighted by atomic mass is 10.1.